The first-order chi connectivity index (χ1) is 15.0. The molecule has 1 fully saturated rings. The topological polar surface area (TPSA) is 84.6 Å². The average molecular weight is 448 g/mol. The Morgan fingerprint density at radius 3 is 2.52 bits per heavy atom. The Hall–Kier alpha value is -3.36. The number of nitro groups is 1. The first-order valence-electron chi connectivity index (χ1n) is 9.35. The third kappa shape index (κ3) is 5.22. The number of rotatable bonds is 5. The van der Waals surface area contributed by atoms with E-state index in [4.69, 9.17) is 0 Å². The van der Waals surface area contributed by atoms with Crippen molar-refractivity contribution in [2.75, 3.05) is 0 Å². The number of amidine groups is 1. The molecule has 0 radical (unpaired) electrons. The summed E-state index contributed by atoms with van der Waals surface area (Å²) in [6, 6.07) is 22.1. The molecule has 3 aromatic rings. The third-order valence-electron chi connectivity index (χ3n) is 4.36. The second-order valence-corrected chi connectivity index (χ2v) is 8.86. The molecule has 0 saturated carbocycles. The standard InChI is InChI=1S/C23H17N3O3S2/c1-15-7-10-18(11-8-15)30-20-12-9-16(13-19(20)26(28)29)14-21-22(27)25-23(31-21)24-17-5-3-2-4-6-17/h2-14H,1H3,(H,24,25,27)/b21-14+. The number of nitrogens with zero attached hydrogens (tertiary/aromatic N) is 2. The fourth-order valence-corrected chi connectivity index (χ4v) is 4.58. The predicted molar refractivity (Wildman–Crippen MR) is 126 cm³/mol. The molecule has 0 spiro atoms. The van der Waals surface area contributed by atoms with Gasteiger partial charge in [-0.3, -0.25) is 14.9 Å². The van der Waals surface area contributed by atoms with Crippen LogP contribution in [0.1, 0.15) is 11.1 Å². The monoisotopic (exact) mass is 447 g/mol. The van der Waals surface area contributed by atoms with Crippen LogP contribution in [0.4, 0.5) is 11.4 Å². The maximum absolute atomic E-state index is 12.3. The van der Waals surface area contributed by atoms with E-state index in [0.29, 0.717) is 20.5 Å². The first-order valence-corrected chi connectivity index (χ1v) is 11.0. The van der Waals surface area contributed by atoms with Gasteiger partial charge in [0.15, 0.2) is 5.17 Å². The third-order valence-corrected chi connectivity index (χ3v) is 6.35. The molecule has 6 nitrogen and oxygen atoms in total. The van der Waals surface area contributed by atoms with Crippen molar-refractivity contribution < 1.29 is 9.72 Å². The van der Waals surface area contributed by atoms with Gasteiger partial charge >= 0.3 is 0 Å². The van der Waals surface area contributed by atoms with Crippen molar-refractivity contribution in [1.29, 1.82) is 0 Å². The number of thioether (sulfide) groups is 1. The van der Waals surface area contributed by atoms with E-state index < -0.39 is 4.92 Å². The van der Waals surface area contributed by atoms with Gasteiger partial charge in [0.1, 0.15) is 0 Å². The zero-order valence-corrected chi connectivity index (χ0v) is 18.1. The number of carbonyl (C=O) groups excluding carboxylic acids is 1. The summed E-state index contributed by atoms with van der Waals surface area (Å²) in [6.45, 7) is 1.99. The molecule has 0 atom stereocenters. The lowest BCUT2D eigenvalue weighted by Gasteiger charge is -2.05. The van der Waals surface area contributed by atoms with Gasteiger partial charge in [0.2, 0.25) is 0 Å². The van der Waals surface area contributed by atoms with E-state index in [9.17, 15) is 14.9 Å². The van der Waals surface area contributed by atoms with E-state index >= 15 is 0 Å². The second kappa shape index (κ2) is 9.20. The Morgan fingerprint density at radius 2 is 1.81 bits per heavy atom. The number of amides is 1. The highest BCUT2D eigenvalue weighted by Crippen LogP contribution is 2.36. The number of nitro benzene ring substituents is 1. The largest absolute Gasteiger partial charge is 0.300 e. The van der Waals surface area contributed by atoms with Gasteiger partial charge in [0.25, 0.3) is 11.6 Å². The molecule has 0 aromatic heterocycles. The van der Waals surface area contributed by atoms with Gasteiger partial charge in [0, 0.05) is 11.0 Å². The summed E-state index contributed by atoms with van der Waals surface area (Å²) in [5, 5.41) is 14.8. The van der Waals surface area contributed by atoms with Crippen LogP contribution in [-0.2, 0) is 4.79 Å². The number of carbonyl (C=O) groups is 1. The number of para-hydroxylation sites is 1. The SMILES string of the molecule is Cc1ccc(Sc2ccc(/C=C3/SC(=Nc4ccccc4)NC3=O)cc2[N+](=O)[O-])cc1. The fourth-order valence-electron chi connectivity index (χ4n) is 2.84. The van der Waals surface area contributed by atoms with Gasteiger partial charge in [-0.25, -0.2) is 4.99 Å². The molecular formula is C23H17N3O3S2. The van der Waals surface area contributed by atoms with E-state index in [2.05, 4.69) is 10.3 Å². The minimum absolute atomic E-state index is 0.00139. The molecule has 1 heterocycles. The van der Waals surface area contributed by atoms with Crippen LogP contribution in [0, 0.1) is 17.0 Å². The lowest BCUT2D eigenvalue weighted by molar-refractivity contribution is -0.387. The maximum atomic E-state index is 12.3. The lowest BCUT2D eigenvalue weighted by Crippen LogP contribution is -2.19. The van der Waals surface area contributed by atoms with Gasteiger partial charge in [-0.15, -0.1) is 0 Å². The van der Waals surface area contributed by atoms with Crippen LogP contribution in [0.15, 0.2) is 92.5 Å². The molecule has 1 saturated heterocycles. The molecule has 0 bridgehead atoms. The number of aryl methyl sites for hydroxylation is 1. The molecule has 0 unspecified atom stereocenters. The molecule has 8 heteroatoms. The van der Waals surface area contributed by atoms with Gasteiger partial charge in [-0.2, -0.15) is 0 Å². The van der Waals surface area contributed by atoms with Crippen LogP contribution in [0.25, 0.3) is 6.08 Å². The molecule has 3 aromatic carbocycles. The molecule has 31 heavy (non-hydrogen) atoms. The summed E-state index contributed by atoms with van der Waals surface area (Å²) in [5.41, 5.74) is 2.45. The molecule has 0 aliphatic carbocycles. The van der Waals surface area contributed by atoms with Crippen molar-refractivity contribution in [2.24, 2.45) is 4.99 Å². The number of aliphatic imine (C=N–C) groups is 1. The quantitative estimate of drug-likeness (QED) is 0.297. The summed E-state index contributed by atoms with van der Waals surface area (Å²) in [7, 11) is 0. The van der Waals surface area contributed by atoms with Crippen LogP contribution in [0.2, 0.25) is 0 Å². The molecule has 1 amide bonds. The lowest BCUT2D eigenvalue weighted by atomic mass is 10.2. The molecule has 154 valence electrons. The van der Waals surface area contributed by atoms with Gasteiger partial charge in [-0.1, -0.05) is 53.7 Å². The number of nitrogens with one attached hydrogen (secondary N) is 1. The Morgan fingerprint density at radius 1 is 1.06 bits per heavy atom. The van der Waals surface area contributed by atoms with E-state index in [1.54, 1.807) is 18.2 Å². The minimum Gasteiger partial charge on any atom is -0.300 e. The van der Waals surface area contributed by atoms with Crippen LogP contribution in [0.5, 0.6) is 0 Å². The molecule has 1 N–H and O–H groups in total. The van der Waals surface area contributed by atoms with Crippen LogP contribution < -0.4 is 5.32 Å². The van der Waals surface area contributed by atoms with Gasteiger partial charge in [0.05, 0.1) is 20.4 Å². The van der Waals surface area contributed by atoms with Gasteiger partial charge < -0.3 is 5.32 Å². The van der Waals surface area contributed by atoms with E-state index in [0.717, 1.165) is 16.1 Å². The molecular weight excluding hydrogens is 430 g/mol. The van der Waals surface area contributed by atoms with Crippen molar-refractivity contribution >= 4 is 52.0 Å². The highest BCUT2D eigenvalue weighted by Gasteiger charge is 2.24. The van der Waals surface area contributed by atoms with E-state index in [-0.39, 0.29) is 11.6 Å². The normalized spacial score (nSPS) is 16.0. The maximum Gasteiger partial charge on any atom is 0.283 e. The Balaban J connectivity index is 1.58. The Bertz CT molecular complexity index is 1210. The van der Waals surface area contributed by atoms with Crippen molar-refractivity contribution in [3.05, 3.63) is 98.9 Å². The van der Waals surface area contributed by atoms with Crippen LogP contribution >= 0.6 is 23.5 Å². The number of hydrogen-bond donors (Lipinski definition) is 1. The summed E-state index contributed by atoms with van der Waals surface area (Å²) < 4.78 is 0. The highest BCUT2D eigenvalue weighted by molar-refractivity contribution is 8.18. The molecule has 4 rings (SSSR count). The Kier molecular flexibility index (Phi) is 6.20. The fraction of sp³-hybridized carbons (Fsp3) is 0.0435. The first kappa shape index (κ1) is 20.9. The van der Waals surface area contributed by atoms with E-state index in [1.807, 2.05) is 61.5 Å². The highest BCUT2D eigenvalue weighted by atomic mass is 32.2. The number of hydrogen-bond acceptors (Lipinski definition) is 6. The Labute approximate surface area is 187 Å². The predicted octanol–water partition coefficient (Wildman–Crippen LogP) is 5.95. The van der Waals surface area contributed by atoms with Crippen LogP contribution in [0.3, 0.4) is 0 Å². The van der Waals surface area contributed by atoms with Crippen molar-refractivity contribution in [1.82, 2.24) is 5.32 Å². The van der Waals surface area contributed by atoms with Crippen molar-refractivity contribution in [3.63, 3.8) is 0 Å². The summed E-state index contributed by atoms with van der Waals surface area (Å²) in [5.74, 6) is -0.277. The van der Waals surface area contributed by atoms with Gasteiger partial charge in [-0.05, 0) is 60.7 Å². The minimum atomic E-state index is -0.400. The zero-order chi connectivity index (χ0) is 21.8. The molecule has 1 aliphatic heterocycles. The summed E-state index contributed by atoms with van der Waals surface area (Å²) >= 11 is 2.55. The van der Waals surface area contributed by atoms with Crippen LogP contribution in [-0.4, -0.2) is 16.0 Å². The van der Waals surface area contributed by atoms with E-state index in [1.165, 1.54) is 29.6 Å². The summed E-state index contributed by atoms with van der Waals surface area (Å²) in [6.07, 6.45) is 1.64. The molecule has 1 aliphatic rings. The smallest absolute Gasteiger partial charge is 0.283 e. The van der Waals surface area contributed by atoms with Crippen molar-refractivity contribution in [3.8, 4) is 0 Å². The second-order valence-electron chi connectivity index (χ2n) is 6.72. The van der Waals surface area contributed by atoms with Crippen molar-refractivity contribution in [2.45, 2.75) is 16.7 Å². The average Bonchev–Trinajstić information content (AvgIpc) is 3.10. The zero-order valence-electron chi connectivity index (χ0n) is 16.4. The summed E-state index contributed by atoms with van der Waals surface area (Å²) in [4.78, 5) is 29.9. The number of benzene rings is 3.